The summed E-state index contributed by atoms with van der Waals surface area (Å²) in [5.74, 6) is -3.49. The van der Waals surface area contributed by atoms with Crippen molar-refractivity contribution in [3.63, 3.8) is 0 Å². The van der Waals surface area contributed by atoms with E-state index in [2.05, 4.69) is 0 Å². The van der Waals surface area contributed by atoms with Gasteiger partial charge in [-0.3, -0.25) is 9.59 Å². The van der Waals surface area contributed by atoms with Crippen LogP contribution < -0.4 is 0 Å². The number of hydrogen-bond donors (Lipinski definition) is 3. The molecular formula is C17H30O7SSi. The van der Waals surface area contributed by atoms with Crippen molar-refractivity contribution in [3.05, 3.63) is 0 Å². The Hall–Kier alpha value is -0.613. The largest absolute Gasteiger partial charge is 0.500 e. The summed E-state index contributed by atoms with van der Waals surface area (Å²) < 4.78 is 16.3. The number of carbonyl (C=O) groups is 2. The van der Waals surface area contributed by atoms with Crippen molar-refractivity contribution in [1.82, 2.24) is 0 Å². The van der Waals surface area contributed by atoms with Crippen molar-refractivity contribution >= 4 is 33.4 Å². The van der Waals surface area contributed by atoms with Crippen LogP contribution in [0.2, 0.25) is 6.04 Å². The lowest BCUT2D eigenvalue weighted by Crippen LogP contribution is -2.44. The summed E-state index contributed by atoms with van der Waals surface area (Å²) in [5, 5.41) is 19.1. The third-order valence-electron chi connectivity index (χ3n) is 6.56. The fraction of sp³-hybridized carbons (Fsp3) is 0.882. The first-order valence-electron chi connectivity index (χ1n) is 9.02. The van der Waals surface area contributed by atoms with Crippen molar-refractivity contribution in [3.8, 4) is 0 Å². The summed E-state index contributed by atoms with van der Waals surface area (Å²) in [6, 6.07) is 0.670. The first-order valence-corrected chi connectivity index (χ1v) is 11.5. The average Bonchev–Trinajstić information content (AvgIpc) is 3.14. The lowest BCUT2D eigenvalue weighted by molar-refractivity contribution is -0.158. The van der Waals surface area contributed by atoms with Crippen LogP contribution in [0.1, 0.15) is 26.2 Å². The van der Waals surface area contributed by atoms with E-state index in [0.29, 0.717) is 12.5 Å². The van der Waals surface area contributed by atoms with Crippen molar-refractivity contribution in [2.45, 2.75) is 37.5 Å². The summed E-state index contributed by atoms with van der Waals surface area (Å²) in [6.07, 6.45) is 2.26. The van der Waals surface area contributed by atoms with Gasteiger partial charge in [-0.15, -0.1) is 0 Å². The molecule has 0 spiro atoms. The van der Waals surface area contributed by atoms with Gasteiger partial charge in [0.2, 0.25) is 0 Å². The van der Waals surface area contributed by atoms with Gasteiger partial charge in [-0.2, -0.15) is 12.6 Å². The summed E-state index contributed by atoms with van der Waals surface area (Å²) in [5.41, 5.74) is 0. The smallest absolute Gasteiger partial charge is 0.481 e. The minimum absolute atomic E-state index is 0.0221. The Morgan fingerprint density at radius 2 is 1.58 bits per heavy atom. The van der Waals surface area contributed by atoms with Crippen LogP contribution in [0.25, 0.3) is 0 Å². The van der Waals surface area contributed by atoms with Crippen LogP contribution in [0.5, 0.6) is 0 Å². The second-order valence-corrected chi connectivity index (χ2v) is 11.2. The zero-order chi connectivity index (χ0) is 19.6. The number of carboxylic acid groups (broad SMARTS) is 2. The van der Waals surface area contributed by atoms with E-state index >= 15 is 0 Å². The highest BCUT2D eigenvalue weighted by atomic mass is 32.1. The second kappa shape index (κ2) is 8.60. The van der Waals surface area contributed by atoms with Crippen molar-refractivity contribution in [2.24, 2.45) is 35.5 Å². The summed E-state index contributed by atoms with van der Waals surface area (Å²) in [6.45, 7) is 2.05. The van der Waals surface area contributed by atoms with Crippen LogP contribution in [0.3, 0.4) is 0 Å². The number of aliphatic carboxylic acids is 2. The Kier molecular flexibility index (Phi) is 7.17. The molecule has 2 rings (SSSR count). The van der Waals surface area contributed by atoms with Gasteiger partial charge in [0.25, 0.3) is 0 Å². The van der Waals surface area contributed by atoms with Crippen LogP contribution in [-0.4, -0.2) is 57.5 Å². The molecule has 0 aromatic heterocycles. The Morgan fingerprint density at radius 3 is 2.04 bits per heavy atom. The van der Waals surface area contributed by atoms with Gasteiger partial charge in [-0.05, 0) is 42.9 Å². The molecule has 2 saturated carbocycles. The highest BCUT2D eigenvalue weighted by molar-refractivity contribution is 7.81. The van der Waals surface area contributed by atoms with Gasteiger partial charge < -0.3 is 23.5 Å². The molecule has 0 amide bonds. The molecule has 0 radical (unpaired) electrons. The fourth-order valence-corrected chi connectivity index (χ4v) is 7.76. The Bertz CT molecular complexity index is 519. The van der Waals surface area contributed by atoms with Gasteiger partial charge in [0.1, 0.15) is 0 Å². The average molecular weight is 407 g/mol. The molecule has 0 aliphatic heterocycles. The van der Waals surface area contributed by atoms with Crippen molar-refractivity contribution in [1.29, 1.82) is 0 Å². The highest BCUT2D eigenvalue weighted by Gasteiger charge is 2.62. The minimum Gasteiger partial charge on any atom is -0.481 e. The van der Waals surface area contributed by atoms with Crippen LogP contribution in [0.15, 0.2) is 0 Å². The van der Waals surface area contributed by atoms with E-state index in [-0.39, 0.29) is 28.9 Å². The molecule has 7 unspecified atom stereocenters. The predicted molar refractivity (Wildman–Crippen MR) is 100 cm³/mol. The number of carboxylic acids is 2. The second-order valence-electron chi connectivity index (χ2n) is 7.48. The van der Waals surface area contributed by atoms with E-state index in [0.717, 1.165) is 12.8 Å². The van der Waals surface area contributed by atoms with E-state index in [9.17, 15) is 19.8 Å². The minimum atomic E-state index is -2.62. The van der Waals surface area contributed by atoms with Gasteiger partial charge in [-0.25, -0.2) is 0 Å². The molecule has 0 heterocycles. The standard InChI is InChI=1S/C17H30O7SSi/c1-9-10-8-11(15(17(20)21)14(10)16(18)19)13(9)12(25)6-5-7-26(22-2,23-3)24-4/h9-15,25H,5-8H2,1-4H3,(H,18,19)(H,20,21). The first kappa shape index (κ1) is 21.7. The third kappa shape index (κ3) is 3.82. The molecule has 26 heavy (non-hydrogen) atoms. The number of hydrogen-bond acceptors (Lipinski definition) is 6. The van der Waals surface area contributed by atoms with Gasteiger partial charge >= 0.3 is 20.7 Å². The van der Waals surface area contributed by atoms with E-state index in [1.54, 1.807) is 21.3 Å². The van der Waals surface area contributed by atoms with Crippen LogP contribution >= 0.6 is 12.6 Å². The zero-order valence-electron chi connectivity index (χ0n) is 15.8. The highest BCUT2D eigenvalue weighted by Crippen LogP contribution is 2.60. The van der Waals surface area contributed by atoms with Crippen LogP contribution in [0.4, 0.5) is 0 Å². The molecule has 2 aliphatic rings. The number of rotatable bonds is 10. The molecule has 2 bridgehead atoms. The van der Waals surface area contributed by atoms with Gasteiger partial charge in [0.05, 0.1) is 11.8 Å². The van der Waals surface area contributed by atoms with E-state index in [4.69, 9.17) is 25.9 Å². The predicted octanol–water partition coefficient (Wildman–Crippen LogP) is 2.25. The Labute approximate surface area is 161 Å². The fourth-order valence-electron chi connectivity index (χ4n) is 5.34. The maximum Gasteiger partial charge on any atom is 0.500 e. The third-order valence-corrected chi connectivity index (χ3v) is 10.00. The lowest BCUT2D eigenvalue weighted by Gasteiger charge is -2.39. The maximum absolute atomic E-state index is 11.7. The first-order chi connectivity index (χ1) is 12.2. The van der Waals surface area contributed by atoms with E-state index in [1.807, 2.05) is 6.92 Å². The summed E-state index contributed by atoms with van der Waals surface area (Å²) in [4.78, 5) is 23.3. The zero-order valence-corrected chi connectivity index (χ0v) is 17.6. The molecular weight excluding hydrogens is 376 g/mol. The monoisotopic (exact) mass is 406 g/mol. The van der Waals surface area contributed by atoms with E-state index < -0.39 is 32.6 Å². The quantitative estimate of drug-likeness (QED) is 0.378. The lowest BCUT2D eigenvalue weighted by atomic mass is 9.67. The number of fused-ring (bicyclic) bond motifs is 2. The van der Waals surface area contributed by atoms with Crippen LogP contribution in [-0.2, 0) is 22.9 Å². The number of thiol groups is 1. The molecule has 7 nitrogen and oxygen atoms in total. The SMILES string of the molecule is CO[Si](CCCC(S)C1C(C)C2CC1C(C(=O)O)C2C(=O)O)(OC)OC. The Balaban J connectivity index is 2.03. The van der Waals surface area contributed by atoms with Gasteiger partial charge in [-0.1, -0.05) is 6.92 Å². The topological polar surface area (TPSA) is 102 Å². The van der Waals surface area contributed by atoms with Gasteiger partial charge in [0.15, 0.2) is 0 Å². The van der Waals surface area contributed by atoms with Crippen LogP contribution in [0, 0.1) is 35.5 Å². The molecule has 0 aromatic carbocycles. The van der Waals surface area contributed by atoms with Gasteiger partial charge in [0, 0.05) is 32.6 Å². The van der Waals surface area contributed by atoms with E-state index in [1.165, 1.54) is 0 Å². The molecule has 2 N–H and O–H groups in total. The molecule has 150 valence electrons. The molecule has 0 saturated heterocycles. The molecule has 7 atom stereocenters. The normalized spacial score (nSPS) is 34.8. The maximum atomic E-state index is 11.7. The van der Waals surface area contributed by atoms with Crippen molar-refractivity contribution < 1.29 is 33.1 Å². The molecule has 2 fully saturated rings. The Morgan fingerprint density at radius 1 is 1.08 bits per heavy atom. The molecule has 0 aromatic rings. The molecule has 2 aliphatic carbocycles. The molecule has 9 heteroatoms. The summed E-state index contributed by atoms with van der Waals surface area (Å²) in [7, 11) is 2.13. The van der Waals surface area contributed by atoms with Crippen molar-refractivity contribution in [2.75, 3.05) is 21.3 Å². The summed E-state index contributed by atoms with van der Waals surface area (Å²) >= 11 is 4.78.